The van der Waals surface area contributed by atoms with Crippen LogP contribution in [0, 0.1) is 19.8 Å². The van der Waals surface area contributed by atoms with Crippen molar-refractivity contribution in [3.63, 3.8) is 0 Å². The van der Waals surface area contributed by atoms with E-state index in [0.717, 1.165) is 16.7 Å². The van der Waals surface area contributed by atoms with Crippen molar-refractivity contribution in [2.24, 2.45) is 5.92 Å². The molecule has 7 heteroatoms. The van der Waals surface area contributed by atoms with E-state index in [4.69, 9.17) is 4.74 Å². The largest absolute Gasteiger partial charge is 0.444 e. The lowest BCUT2D eigenvalue weighted by atomic mass is 9.92. The fourth-order valence-electron chi connectivity index (χ4n) is 3.79. The van der Waals surface area contributed by atoms with Gasteiger partial charge >= 0.3 is 6.09 Å². The van der Waals surface area contributed by atoms with Gasteiger partial charge in [0.25, 0.3) is 0 Å². The van der Waals surface area contributed by atoms with Crippen LogP contribution >= 0.6 is 0 Å². The van der Waals surface area contributed by atoms with Crippen molar-refractivity contribution in [3.05, 3.63) is 65.2 Å². The number of carbonyl (C=O) groups excluding carboxylic acids is 1. The molecule has 0 radical (unpaired) electrons. The second-order valence-electron chi connectivity index (χ2n) is 9.26. The van der Waals surface area contributed by atoms with Gasteiger partial charge in [-0.1, -0.05) is 47.5 Å². The van der Waals surface area contributed by atoms with E-state index in [-0.39, 0.29) is 12.0 Å². The van der Waals surface area contributed by atoms with Gasteiger partial charge in [-0.3, -0.25) is 0 Å². The quantitative estimate of drug-likeness (QED) is 0.732. The molecule has 1 saturated heterocycles. The van der Waals surface area contributed by atoms with Crippen LogP contribution in [0.2, 0.25) is 0 Å². The first-order valence-electron chi connectivity index (χ1n) is 10.6. The van der Waals surface area contributed by atoms with Gasteiger partial charge < -0.3 is 10.1 Å². The number of hydrogen-bond acceptors (Lipinski definition) is 4. The predicted octanol–water partition coefficient (Wildman–Crippen LogP) is 4.58. The Morgan fingerprint density at radius 1 is 1.03 bits per heavy atom. The molecule has 1 aliphatic rings. The second kappa shape index (κ2) is 9.01. The predicted molar refractivity (Wildman–Crippen MR) is 121 cm³/mol. The summed E-state index contributed by atoms with van der Waals surface area (Å²) in [6.45, 7) is 10.1. The van der Waals surface area contributed by atoms with Crippen molar-refractivity contribution in [3.8, 4) is 0 Å². The average Bonchev–Trinajstić information content (AvgIpc) is 3.17. The van der Waals surface area contributed by atoms with E-state index in [2.05, 4.69) is 5.32 Å². The number of carbonyl (C=O) groups is 1. The van der Waals surface area contributed by atoms with Crippen LogP contribution in [0.3, 0.4) is 0 Å². The number of benzene rings is 2. The molecule has 1 aliphatic heterocycles. The topological polar surface area (TPSA) is 75.7 Å². The summed E-state index contributed by atoms with van der Waals surface area (Å²) >= 11 is 0. The van der Waals surface area contributed by atoms with Crippen LogP contribution in [0.1, 0.15) is 49.9 Å². The van der Waals surface area contributed by atoms with E-state index in [1.807, 2.05) is 58.9 Å². The summed E-state index contributed by atoms with van der Waals surface area (Å²) in [5.41, 5.74) is 2.46. The summed E-state index contributed by atoms with van der Waals surface area (Å²) in [5.74, 6) is -0.0598. The smallest absolute Gasteiger partial charge is 0.408 e. The van der Waals surface area contributed by atoms with Crippen LogP contribution < -0.4 is 5.32 Å². The number of aryl methyl sites for hydroxylation is 2. The van der Waals surface area contributed by atoms with Crippen LogP contribution in [0.25, 0.3) is 0 Å². The van der Waals surface area contributed by atoms with Gasteiger partial charge in [0.2, 0.25) is 10.0 Å². The average molecular weight is 445 g/mol. The Morgan fingerprint density at radius 3 is 2.13 bits per heavy atom. The highest BCUT2D eigenvalue weighted by Gasteiger charge is 2.38. The minimum atomic E-state index is -3.58. The molecule has 1 amide bonds. The van der Waals surface area contributed by atoms with Crippen molar-refractivity contribution >= 4 is 16.1 Å². The molecule has 2 aromatic rings. The molecule has 1 heterocycles. The number of ether oxygens (including phenoxy) is 1. The molecule has 0 aliphatic carbocycles. The van der Waals surface area contributed by atoms with Crippen LogP contribution in [-0.4, -0.2) is 37.5 Å². The molecular formula is C24H32N2O4S. The summed E-state index contributed by atoms with van der Waals surface area (Å²) < 4.78 is 33.2. The van der Waals surface area contributed by atoms with Crippen molar-refractivity contribution in [2.75, 3.05) is 13.1 Å². The van der Waals surface area contributed by atoms with Gasteiger partial charge in [-0.15, -0.1) is 0 Å². The van der Waals surface area contributed by atoms with E-state index < -0.39 is 21.7 Å². The van der Waals surface area contributed by atoms with Crippen molar-refractivity contribution < 1.29 is 17.9 Å². The molecule has 2 atom stereocenters. The highest BCUT2D eigenvalue weighted by atomic mass is 32.2. The first-order valence-corrected chi connectivity index (χ1v) is 12.0. The molecule has 1 fully saturated rings. The van der Waals surface area contributed by atoms with E-state index in [1.54, 1.807) is 24.3 Å². The molecular weight excluding hydrogens is 412 g/mol. The van der Waals surface area contributed by atoms with Gasteiger partial charge in [-0.2, -0.15) is 4.31 Å². The highest BCUT2D eigenvalue weighted by Crippen LogP contribution is 2.33. The molecule has 3 rings (SSSR count). The molecule has 0 spiro atoms. The summed E-state index contributed by atoms with van der Waals surface area (Å²) in [7, 11) is -3.58. The fraction of sp³-hybridized carbons (Fsp3) is 0.458. The van der Waals surface area contributed by atoms with E-state index in [1.165, 1.54) is 4.31 Å². The Morgan fingerprint density at radius 2 is 1.58 bits per heavy atom. The van der Waals surface area contributed by atoms with E-state index in [9.17, 15) is 13.2 Å². The maximum Gasteiger partial charge on any atom is 0.408 e. The SMILES string of the molecule is Cc1ccc([C@H](NC(=O)OC(C)(C)C)[C@@H]2CCN(S(=O)(=O)c3ccc(C)cc3)C2)cc1. The van der Waals surface area contributed by atoms with Crippen molar-refractivity contribution in [1.82, 2.24) is 9.62 Å². The second-order valence-corrected chi connectivity index (χ2v) is 11.2. The standard InChI is InChI=1S/C24H32N2O4S/c1-17-6-10-19(11-7-17)22(25-23(27)30-24(3,4)5)20-14-15-26(16-20)31(28,29)21-12-8-18(2)9-13-21/h6-13,20,22H,14-16H2,1-5H3,(H,25,27)/t20-,22+/m1/s1. The molecule has 1 N–H and O–H groups in total. The zero-order chi connectivity index (χ0) is 22.8. The Bertz CT molecular complexity index is 1010. The molecule has 168 valence electrons. The van der Waals surface area contributed by atoms with Gasteiger partial charge in [-0.25, -0.2) is 13.2 Å². The Hall–Kier alpha value is -2.38. The first kappa shape index (κ1) is 23.3. The summed E-state index contributed by atoms with van der Waals surface area (Å²) in [6.07, 6.45) is 0.150. The Kier molecular flexibility index (Phi) is 6.76. The van der Waals surface area contributed by atoms with Gasteiger partial charge in [-0.05, 0) is 64.7 Å². The first-order chi connectivity index (χ1) is 14.5. The molecule has 0 aromatic heterocycles. The van der Waals surface area contributed by atoms with E-state index >= 15 is 0 Å². The number of alkyl carbamates (subject to hydrolysis) is 1. The monoisotopic (exact) mass is 444 g/mol. The lowest BCUT2D eigenvalue weighted by Gasteiger charge is -2.28. The third kappa shape index (κ3) is 5.86. The van der Waals surface area contributed by atoms with Crippen LogP contribution in [-0.2, 0) is 14.8 Å². The zero-order valence-electron chi connectivity index (χ0n) is 18.9. The minimum Gasteiger partial charge on any atom is -0.444 e. The van der Waals surface area contributed by atoms with Crippen LogP contribution in [0.5, 0.6) is 0 Å². The maximum atomic E-state index is 13.1. The van der Waals surface area contributed by atoms with Gasteiger partial charge in [0.15, 0.2) is 0 Å². The molecule has 0 unspecified atom stereocenters. The number of hydrogen-bond donors (Lipinski definition) is 1. The summed E-state index contributed by atoms with van der Waals surface area (Å²) in [6, 6.07) is 14.5. The summed E-state index contributed by atoms with van der Waals surface area (Å²) in [5, 5.41) is 2.99. The number of sulfonamides is 1. The highest BCUT2D eigenvalue weighted by molar-refractivity contribution is 7.89. The Balaban J connectivity index is 1.82. The van der Waals surface area contributed by atoms with Gasteiger partial charge in [0.05, 0.1) is 10.9 Å². The number of nitrogens with one attached hydrogen (secondary N) is 1. The lowest BCUT2D eigenvalue weighted by molar-refractivity contribution is 0.0486. The summed E-state index contributed by atoms with van der Waals surface area (Å²) in [4.78, 5) is 12.8. The van der Waals surface area contributed by atoms with E-state index in [0.29, 0.717) is 24.4 Å². The molecule has 0 saturated carbocycles. The number of rotatable bonds is 5. The normalized spacial score (nSPS) is 18.5. The van der Waals surface area contributed by atoms with Crippen molar-refractivity contribution in [1.29, 1.82) is 0 Å². The number of amides is 1. The number of nitrogens with zero attached hydrogens (tertiary/aromatic N) is 1. The van der Waals surface area contributed by atoms with Gasteiger partial charge in [0.1, 0.15) is 5.60 Å². The van der Waals surface area contributed by atoms with Crippen LogP contribution in [0.15, 0.2) is 53.4 Å². The molecule has 6 nitrogen and oxygen atoms in total. The molecule has 31 heavy (non-hydrogen) atoms. The molecule has 2 aromatic carbocycles. The minimum absolute atomic E-state index is 0.0598. The van der Waals surface area contributed by atoms with Crippen molar-refractivity contribution in [2.45, 2.75) is 57.6 Å². The zero-order valence-corrected chi connectivity index (χ0v) is 19.7. The third-order valence-electron chi connectivity index (χ3n) is 5.43. The maximum absolute atomic E-state index is 13.1. The lowest BCUT2D eigenvalue weighted by Crippen LogP contribution is -2.39. The third-order valence-corrected chi connectivity index (χ3v) is 7.31. The van der Waals surface area contributed by atoms with Crippen LogP contribution in [0.4, 0.5) is 4.79 Å². The molecule has 0 bridgehead atoms. The fourth-order valence-corrected chi connectivity index (χ4v) is 5.30. The van der Waals surface area contributed by atoms with Gasteiger partial charge in [0, 0.05) is 13.1 Å². The Labute approximate surface area is 185 Å².